The molecule has 6 aliphatic rings. The van der Waals surface area contributed by atoms with Crippen molar-refractivity contribution in [3.8, 4) is 11.5 Å². The van der Waals surface area contributed by atoms with Gasteiger partial charge >= 0.3 is 0 Å². The molecule has 1 aromatic carbocycles. The van der Waals surface area contributed by atoms with Crippen LogP contribution in [0.5, 0.6) is 11.5 Å². The molecule has 0 N–H and O–H groups in total. The molecule has 3 atom stereocenters. The van der Waals surface area contributed by atoms with Crippen LogP contribution in [0.1, 0.15) is 43.6 Å². The SMILES string of the molecule is O=C(CC1CC1)N1C[C@H](c2ccc3c(c2)OCO3)[C@H]2[C@@H]1C1CCN2CC1. The van der Waals surface area contributed by atoms with Gasteiger partial charge in [0.25, 0.3) is 0 Å². The lowest BCUT2D eigenvalue weighted by atomic mass is 9.75. The molecule has 0 aromatic heterocycles. The summed E-state index contributed by atoms with van der Waals surface area (Å²) < 4.78 is 11.1. The average Bonchev–Trinajstić information content (AvgIpc) is 3.21. The van der Waals surface area contributed by atoms with E-state index in [0.29, 0.717) is 42.5 Å². The Balaban J connectivity index is 1.34. The molecule has 5 heteroatoms. The first-order chi connectivity index (χ1) is 12.8. The highest BCUT2D eigenvalue weighted by Crippen LogP contribution is 2.48. The average molecular weight is 354 g/mol. The van der Waals surface area contributed by atoms with E-state index in [9.17, 15) is 4.79 Å². The normalized spacial score (nSPS) is 37.1. The van der Waals surface area contributed by atoms with Gasteiger partial charge in [-0.15, -0.1) is 0 Å². The smallest absolute Gasteiger partial charge is 0.231 e. The van der Waals surface area contributed by atoms with E-state index in [1.165, 1.54) is 44.3 Å². The molecule has 5 aliphatic heterocycles. The van der Waals surface area contributed by atoms with E-state index in [2.05, 4.69) is 21.9 Å². The van der Waals surface area contributed by atoms with Crippen molar-refractivity contribution in [2.75, 3.05) is 26.4 Å². The van der Waals surface area contributed by atoms with E-state index in [-0.39, 0.29) is 0 Å². The summed E-state index contributed by atoms with van der Waals surface area (Å²) in [6.45, 7) is 3.57. The number of likely N-dealkylation sites (tertiary alicyclic amines) is 1. The fourth-order valence-electron chi connectivity index (χ4n) is 5.83. The number of rotatable bonds is 3. The quantitative estimate of drug-likeness (QED) is 0.837. The van der Waals surface area contributed by atoms with Gasteiger partial charge in [-0.25, -0.2) is 0 Å². The summed E-state index contributed by atoms with van der Waals surface area (Å²) in [5, 5.41) is 0. The van der Waals surface area contributed by atoms with Crippen LogP contribution in [0.2, 0.25) is 0 Å². The van der Waals surface area contributed by atoms with Gasteiger partial charge in [-0.05, 0) is 68.3 Å². The molecular weight excluding hydrogens is 328 g/mol. The number of ether oxygens (including phenoxy) is 2. The number of hydrogen-bond acceptors (Lipinski definition) is 4. The maximum Gasteiger partial charge on any atom is 0.231 e. The van der Waals surface area contributed by atoms with Crippen LogP contribution in [0.15, 0.2) is 18.2 Å². The van der Waals surface area contributed by atoms with Gasteiger partial charge in [0.05, 0.1) is 6.04 Å². The molecule has 2 bridgehead atoms. The van der Waals surface area contributed by atoms with Crippen molar-refractivity contribution < 1.29 is 14.3 Å². The van der Waals surface area contributed by atoms with E-state index in [4.69, 9.17) is 9.47 Å². The highest BCUT2D eigenvalue weighted by Gasteiger charge is 2.54. The number of amides is 1. The number of hydrogen-bond donors (Lipinski definition) is 0. The number of carbonyl (C=O) groups is 1. The zero-order valence-corrected chi connectivity index (χ0v) is 15.1. The van der Waals surface area contributed by atoms with Gasteiger partial charge in [0.1, 0.15) is 0 Å². The molecule has 0 spiro atoms. The Morgan fingerprint density at radius 2 is 1.85 bits per heavy atom. The molecule has 0 radical (unpaired) electrons. The minimum atomic E-state index is 0.315. The molecule has 1 amide bonds. The van der Waals surface area contributed by atoms with Crippen LogP contribution in [0.25, 0.3) is 0 Å². The van der Waals surface area contributed by atoms with Gasteiger partial charge in [-0.2, -0.15) is 0 Å². The predicted molar refractivity (Wildman–Crippen MR) is 96.2 cm³/mol. The second-order valence-electron chi connectivity index (χ2n) is 8.77. The van der Waals surface area contributed by atoms with Gasteiger partial charge in [-0.3, -0.25) is 9.69 Å². The van der Waals surface area contributed by atoms with Crippen molar-refractivity contribution in [2.24, 2.45) is 11.8 Å². The summed E-state index contributed by atoms with van der Waals surface area (Å²) >= 11 is 0. The van der Waals surface area contributed by atoms with E-state index in [1.807, 2.05) is 6.07 Å². The fraction of sp³-hybridized carbons (Fsp3) is 0.667. The van der Waals surface area contributed by atoms with Gasteiger partial charge < -0.3 is 14.4 Å². The summed E-state index contributed by atoms with van der Waals surface area (Å²) in [6, 6.07) is 7.28. The number of nitrogens with zero attached hydrogens (tertiary/aromatic N) is 2. The third kappa shape index (κ3) is 2.29. The number of piperidine rings is 3. The van der Waals surface area contributed by atoms with E-state index in [0.717, 1.165) is 24.5 Å². The van der Waals surface area contributed by atoms with Crippen molar-refractivity contribution in [2.45, 2.75) is 50.1 Å². The molecule has 5 heterocycles. The van der Waals surface area contributed by atoms with E-state index in [1.54, 1.807) is 0 Å². The second kappa shape index (κ2) is 5.62. The lowest BCUT2D eigenvalue weighted by Gasteiger charge is -2.51. The maximum atomic E-state index is 13.1. The second-order valence-corrected chi connectivity index (χ2v) is 8.77. The number of carbonyl (C=O) groups excluding carboxylic acids is 1. The van der Waals surface area contributed by atoms with E-state index < -0.39 is 0 Å². The Bertz CT molecular complexity index is 739. The predicted octanol–water partition coefficient (Wildman–Crippen LogP) is 2.60. The molecule has 1 saturated carbocycles. The topological polar surface area (TPSA) is 42.0 Å². The highest BCUT2D eigenvalue weighted by molar-refractivity contribution is 5.78. The van der Waals surface area contributed by atoms with Gasteiger partial charge in [-0.1, -0.05) is 6.07 Å². The first kappa shape index (κ1) is 15.3. The van der Waals surface area contributed by atoms with Crippen LogP contribution < -0.4 is 9.47 Å². The largest absolute Gasteiger partial charge is 0.454 e. The molecule has 0 unspecified atom stereocenters. The summed E-state index contributed by atoms with van der Waals surface area (Å²) in [5.41, 5.74) is 1.30. The first-order valence-electron chi connectivity index (χ1n) is 10.2. The molecule has 5 fully saturated rings. The van der Waals surface area contributed by atoms with Crippen molar-refractivity contribution in [1.29, 1.82) is 0 Å². The molecular formula is C21H26N2O3. The molecule has 4 saturated heterocycles. The Labute approximate surface area is 154 Å². The van der Waals surface area contributed by atoms with Gasteiger partial charge in [0, 0.05) is 24.9 Å². The standard InChI is InChI=1S/C21H26N2O3/c24-19(9-13-1-2-13)23-11-16(15-3-4-17-18(10-15)26-12-25-17)21-20(23)14-5-7-22(21)8-6-14/h3-4,10,13-14,16,20-21H,1-2,5-9,11-12H2/t16-,20+,21+/m1/s1. The maximum absolute atomic E-state index is 13.1. The van der Waals surface area contributed by atoms with E-state index >= 15 is 0 Å². The third-order valence-corrected chi connectivity index (χ3v) is 7.30. The third-order valence-electron chi connectivity index (χ3n) is 7.30. The molecule has 7 rings (SSSR count). The summed E-state index contributed by atoms with van der Waals surface area (Å²) in [5.74, 6) is 3.84. The minimum absolute atomic E-state index is 0.315. The van der Waals surface area contributed by atoms with Crippen molar-refractivity contribution >= 4 is 5.91 Å². The summed E-state index contributed by atoms with van der Waals surface area (Å²) in [7, 11) is 0. The molecule has 1 aliphatic carbocycles. The Morgan fingerprint density at radius 1 is 1.04 bits per heavy atom. The fourth-order valence-corrected chi connectivity index (χ4v) is 5.83. The van der Waals surface area contributed by atoms with Crippen LogP contribution in [-0.2, 0) is 4.79 Å². The molecule has 5 nitrogen and oxygen atoms in total. The van der Waals surface area contributed by atoms with Crippen LogP contribution in [0.4, 0.5) is 0 Å². The zero-order valence-electron chi connectivity index (χ0n) is 15.1. The van der Waals surface area contributed by atoms with Gasteiger partial charge in [0.15, 0.2) is 11.5 Å². The van der Waals surface area contributed by atoms with Crippen molar-refractivity contribution in [3.05, 3.63) is 23.8 Å². The number of fused-ring (bicyclic) bond motifs is 3. The number of benzene rings is 1. The lowest BCUT2D eigenvalue weighted by molar-refractivity contribution is -0.136. The van der Waals surface area contributed by atoms with Crippen LogP contribution in [0.3, 0.4) is 0 Å². The Hall–Kier alpha value is -1.75. The van der Waals surface area contributed by atoms with Gasteiger partial charge in [0.2, 0.25) is 12.7 Å². The molecule has 26 heavy (non-hydrogen) atoms. The summed E-state index contributed by atoms with van der Waals surface area (Å²) in [6.07, 6.45) is 5.76. The van der Waals surface area contributed by atoms with Crippen LogP contribution >= 0.6 is 0 Å². The zero-order chi connectivity index (χ0) is 17.3. The van der Waals surface area contributed by atoms with Crippen molar-refractivity contribution in [1.82, 2.24) is 9.80 Å². The van der Waals surface area contributed by atoms with Crippen molar-refractivity contribution in [3.63, 3.8) is 0 Å². The molecule has 1 aromatic rings. The lowest BCUT2D eigenvalue weighted by Crippen LogP contribution is -2.60. The Morgan fingerprint density at radius 3 is 2.65 bits per heavy atom. The summed E-state index contributed by atoms with van der Waals surface area (Å²) in [4.78, 5) is 18.0. The minimum Gasteiger partial charge on any atom is -0.454 e. The van der Waals surface area contributed by atoms with Crippen LogP contribution in [-0.4, -0.2) is 54.2 Å². The van der Waals surface area contributed by atoms with Crippen LogP contribution in [0, 0.1) is 11.8 Å². The highest BCUT2D eigenvalue weighted by atomic mass is 16.7. The monoisotopic (exact) mass is 354 g/mol. The molecule has 138 valence electrons. The first-order valence-corrected chi connectivity index (χ1v) is 10.2. The Kier molecular flexibility index (Phi) is 3.31.